The topological polar surface area (TPSA) is 49.4 Å². The van der Waals surface area contributed by atoms with Crippen molar-refractivity contribution in [3.05, 3.63) is 35.9 Å². The fourth-order valence-electron chi connectivity index (χ4n) is 3.08. The van der Waals surface area contributed by atoms with Crippen LogP contribution in [0.3, 0.4) is 0 Å². The zero-order valence-electron chi connectivity index (χ0n) is 15.9. The second kappa shape index (κ2) is 8.75. The van der Waals surface area contributed by atoms with Crippen molar-refractivity contribution in [1.82, 2.24) is 10.2 Å². The number of carbonyl (C=O) groups is 2. The summed E-state index contributed by atoms with van der Waals surface area (Å²) in [4.78, 5) is 27.5. The van der Waals surface area contributed by atoms with Crippen molar-refractivity contribution in [2.75, 3.05) is 5.75 Å². The van der Waals surface area contributed by atoms with E-state index in [1.54, 1.807) is 11.8 Å². The van der Waals surface area contributed by atoms with Crippen LogP contribution >= 0.6 is 11.8 Å². The van der Waals surface area contributed by atoms with Crippen LogP contribution in [0.1, 0.15) is 52.6 Å². The molecule has 1 aromatic rings. The number of carbonyl (C=O) groups excluding carboxylic acids is 2. The lowest BCUT2D eigenvalue weighted by molar-refractivity contribution is -0.142. The van der Waals surface area contributed by atoms with Crippen molar-refractivity contribution < 1.29 is 9.59 Å². The van der Waals surface area contributed by atoms with Gasteiger partial charge in [-0.2, -0.15) is 0 Å². The number of amides is 2. The molecule has 0 saturated carbocycles. The molecule has 1 saturated heterocycles. The third-order valence-corrected chi connectivity index (χ3v) is 5.79. The number of thioether (sulfide) groups is 1. The zero-order chi connectivity index (χ0) is 18.6. The van der Waals surface area contributed by atoms with Gasteiger partial charge in [-0.15, -0.1) is 11.8 Å². The molecule has 2 rings (SSSR count). The van der Waals surface area contributed by atoms with Gasteiger partial charge in [-0.3, -0.25) is 9.59 Å². The second-order valence-electron chi connectivity index (χ2n) is 7.47. The highest BCUT2D eigenvalue weighted by molar-refractivity contribution is 8.00. The van der Waals surface area contributed by atoms with E-state index in [2.05, 4.69) is 19.2 Å². The lowest BCUT2D eigenvalue weighted by Crippen LogP contribution is -2.51. The average molecular weight is 363 g/mol. The zero-order valence-corrected chi connectivity index (χ0v) is 16.7. The Morgan fingerprint density at radius 1 is 1.16 bits per heavy atom. The smallest absolute Gasteiger partial charge is 0.244 e. The van der Waals surface area contributed by atoms with E-state index in [9.17, 15) is 9.59 Å². The van der Waals surface area contributed by atoms with E-state index in [0.717, 1.165) is 12.0 Å². The van der Waals surface area contributed by atoms with Crippen LogP contribution in [0.2, 0.25) is 0 Å². The van der Waals surface area contributed by atoms with Gasteiger partial charge in [-0.05, 0) is 24.8 Å². The van der Waals surface area contributed by atoms with Gasteiger partial charge in [0.15, 0.2) is 0 Å². The highest BCUT2D eigenvalue weighted by Gasteiger charge is 2.42. The fourth-order valence-corrected chi connectivity index (χ4v) is 4.73. The molecule has 1 fully saturated rings. The quantitative estimate of drug-likeness (QED) is 0.836. The molecule has 0 radical (unpaired) electrons. The Labute approximate surface area is 155 Å². The van der Waals surface area contributed by atoms with Crippen LogP contribution in [-0.2, 0) is 9.59 Å². The summed E-state index contributed by atoms with van der Waals surface area (Å²) in [6, 6.07) is 9.46. The van der Waals surface area contributed by atoms with Crippen LogP contribution in [0.4, 0.5) is 0 Å². The number of benzene rings is 1. The summed E-state index contributed by atoms with van der Waals surface area (Å²) in [5.41, 5.74) is 1.07. The van der Waals surface area contributed by atoms with Crippen molar-refractivity contribution in [2.24, 2.45) is 11.8 Å². The molecule has 25 heavy (non-hydrogen) atoms. The van der Waals surface area contributed by atoms with Crippen LogP contribution in [0.5, 0.6) is 0 Å². The maximum absolute atomic E-state index is 12.9. The Morgan fingerprint density at radius 2 is 1.80 bits per heavy atom. The van der Waals surface area contributed by atoms with Crippen LogP contribution in [0.15, 0.2) is 30.3 Å². The SMILES string of the molecule is CC(C)CC1SCC(C(=O)NC(C)c2ccccc2)N1C(=O)C(C)C. The number of hydrogen-bond acceptors (Lipinski definition) is 3. The van der Waals surface area contributed by atoms with Crippen molar-refractivity contribution in [1.29, 1.82) is 0 Å². The second-order valence-corrected chi connectivity index (χ2v) is 8.69. The lowest BCUT2D eigenvalue weighted by atomic mass is 10.1. The van der Waals surface area contributed by atoms with Crippen molar-refractivity contribution in [3.63, 3.8) is 0 Å². The van der Waals surface area contributed by atoms with Crippen molar-refractivity contribution >= 4 is 23.6 Å². The van der Waals surface area contributed by atoms with E-state index in [0.29, 0.717) is 11.7 Å². The molecular weight excluding hydrogens is 332 g/mol. The lowest BCUT2D eigenvalue weighted by Gasteiger charge is -2.31. The number of rotatable bonds is 6. The van der Waals surface area contributed by atoms with E-state index < -0.39 is 0 Å². The largest absolute Gasteiger partial charge is 0.348 e. The summed E-state index contributed by atoms with van der Waals surface area (Å²) < 4.78 is 0. The van der Waals surface area contributed by atoms with Crippen molar-refractivity contribution in [3.8, 4) is 0 Å². The summed E-state index contributed by atoms with van der Waals surface area (Å²) in [5.74, 6) is 1.08. The Kier molecular flexibility index (Phi) is 6.94. The molecule has 0 aromatic heterocycles. The minimum Gasteiger partial charge on any atom is -0.348 e. The van der Waals surface area contributed by atoms with E-state index in [4.69, 9.17) is 0 Å². The first-order chi connectivity index (χ1) is 11.8. The summed E-state index contributed by atoms with van der Waals surface area (Å²) in [6.45, 7) is 10.1. The molecule has 0 aliphatic carbocycles. The number of nitrogens with one attached hydrogen (secondary N) is 1. The summed E-state index contributed by atoms with van der Waals surface area (Å²) in [7, 11) is 0. The molecule has 138 valence electrons. The van der Waals surface area contributed by atoms with Gasteiger partial charge in [0.1, 0.15) is 6.04 Å². The van der Waals surface area contributed by atoms with Gasteiger partial charge < -0.3 is 10.2 Å². The summed E-state index contributed by atoms with van der Waals surface area (Å²) >= 11 is 1.73. The van der Waals surface area contributed by atoms with E-state index >= 15 is 0 Å². The fraction of sp³-hybridized carbons (Fsp3) is 0.600. The molecule has 1 aromatic carbocycles. The van der Waals surface area contributed by atoms with Gasteiger partial charge in [0, 0.05) is 11.7 Å². The first-order valence-electron chi connectivity index (χ1n) is 9.10. The molecular formula is C20H30N2O2S. The molecule has 3 unspecified atom stereocenters. The van der Waals surface area contributed by atoms with Crippen LogP contribution < -0.4 is 5.32 Å². The maximum atomic E-state index is 12.9. The molecule has 1 aliphatic heterocycles. The van der Waals surface area contributed by atoms with E-state index in [-0.39, 0.29) is 35.2 Å². The van der Waals surface area contributed by atoms with E-state index in [1.165, 1.54) is 0 Å². The predicted octanol–water partition coefficient (Wildman–Crippen LogP) is 3.84. The third kappa shape index (κ3) is 5.00. The molecule has 1 heterocycles. The summed E-state index contributed by atoms with van der Waals surface area (Å²) in [5, 5.41) is 3.18. The molecule has 1 N–H and O–H groups in total. The minimum absolute atomic E-state index is 0.0518. The standard InChI is InChI=1S/C20H30N2O2S/c1-13(2)11-18-22(20(24)14(3)4)17(12-25-18)19(23)21-15(5)16-9-7-6-8-10-16/h6-10,13-15,17-18H,11-12H2,1-5H3,(H,21,23). The highest BCUT2D eigenvalue weighted by atomic mass is 32.2. The van der Waals surface area contributed by atoms with Crippen LogP contribution in [0, 0.1) is 11.8 Å². The van der Waals surface area contributed by atoms with Crippen LogP contribution in [-0.4, -0.2) is 33.9 Å². The van der Waals surface area contributed by atoms with Gasteiger partial charge in [-0.25, -0.2) is 0 Å². The molecule has 3 atom stereocenters. The molecule has 0 spiro atoms. The first kappa shape index (κ1) is 19.8. The maximum Gasteiger partial charge on any atom is 0.244 e. The Morgan fingerprint density at radius 3 is 2.36 bits per heavy atom. The molecule has 2 amide bonds. The first-order valence-corrected chi connectivity index (χ1v) is 10.1. The van der Waals surface area contributed by atoms with E-state index in [1.807, 2.05) is 56.0 Å². The number of hydrogen-bond donors (Lipinski definition) is 1. The van der Waals surface area contributed by atoms with Crippen molar-refractivity contribution in [2.45, 2.75) is 58.5 Å². The Balaban J connectivity index is 2.12. The summed E-state index contributed by atoms with van der Waals surface area (Å²) in [6.07, 6.45) is 0.918. The van der Waals surface area contributed by atoms with Gasteiger partial charge in [-0.1, -0.05) is 58.0 Å². The normalized spacial score (nSPS) is 21.6. The van der Waals surface area contributed by atoms with Crippen LogP contribution in [0.25, 0.3) is 0 Å². The monoisotopic (exact) mass is 362 g/mol. The molecule has 0 bridgehead atoms. The predicted molar refractivity (Wildman–Crippen MR) is 104 cm³/mol. The van der Waals surface area contributed by atoms with Gasteiger partial charge in [0.05, 0.1) is 11.4 Å². The average Bonchev–Trinajstić information content (AvgIpc) is 2.97. The molecule has 1 aliphatic rings. The minimum atomic E-state index is -0.380. The van der Waals surface area contributed by atoms with Gasteiger partial charge in [0.2, 0.25) is 11.8 Å². The third-order valence-electron chi connectivity index (χ3n) is 4.47. The number of nitrogens with zero attached hydrogens (tertiary/aromatic N) is 1. The van der Waals surface area contributed by atoms with Gasteiger partial charge in [0.25, 0.3) is 0 Å². The van der Waals surface area contributed by atoms with Gasteiger partial charge >= 0.3 is 0 Å². The highest BCUT2D eigenvalue weighted by Crippen LogP contribution is 2.34. The molecule has 5 heteroatoms. The Bertz CT molecular complexity index is 589. The Hall–Kier alpha value is -1.49. The molecule has 4 nitrogen and oxygen atoms in total.